The highest BCUT2D eigenvalue weighted by atomic mass is 16.5. The van der Waals surface area contributed by atoms with E-state index < -0.39 is 0 Å². The molecule has 120 valence electrons. The lowest BCUT2D eigenvalue weighted by Crippen LogP contribution is -2.40. The summed E-state index contributed by atoms with van der Waals surface area (Å²) < 4.78 is 11.0. The summed E-state index contributed by atoms with van der Waals surface area (Å²) in [7, 11) is 0. The van der Waals surface area contributed by atoms with Crippen molar-refractivity contribution in [1.29, 1.82) is 0 Å². The summed E-state index contributed by atoms with van der Waals surface area (Å²) >= 11 is 0. The number of allylic oxidation sites excluding steroid dienone is 1. The molecule has 1 aromatic heterocycles. The molecule has 22 heavy (non-hydrogen) atoms. The lowest BCUT2D eigenvalue weighted by Gasteiger charge is -2.44. The predicted octanol–water partition coefficient (Wildman–Crippen LogP) is 5.05. The molecule has 3 aliphatic rings. The molecule has 0 saturated heterocycles. The predicted molar refractivity (Wildman–Crippen MR) is 85.1 cm³/mol. The number of ketones is 1. The van der Waals surface area contributed by atoms with Gasteiger partial charge in [-0.25, -0.2) is 0 Å². The Bertz CT molecular complexity index is 529. The van der Waals surface area contributed by atoms with Crippen LogP contribution in [0.5, 0.6) is 0 Å². The van der Waals surface area contributed by atoms with Gasteiger partial charge < -0.3 is 9.15 Å². The quantitative estimate of drug-likeness (QED) is 0.729. The molecule has 3 heteroatoms. The first-order valence-electron chi connectivity index (χ1n) is 8.72. The summed E-state index contributed by atoms with van der Waals surface area (Å²) in [6.07, 6.45) is 11.7. The number of hydrogen-bond donors (Lipinski definition) is 0. The highest BCUT2D eigenvalue weighted by molar-refractivity contribution is 5.83. The van der Waals surface area contributed by atoms with Crippen LogP contribution in [0.3, 0.4) is 0 Å². The van der Waals surface area contributed by atoms with Gasteiger partial charge in [0, 0.05) is 17.9 Å². The molecule has 2 saturated carbocycles. The average molecular weight is 302 g/mol. The van der Waals surface area contributed by atoms with Gasteiger partial charge in [-0.3, -0.25) is 4.79 Å². The van der Waals surface area contributed by atoms with Gasteiger partial charge in [0.2, 0.25) is 0 Å². The third-order valence-corrected chi connectivity index (χ3v) is 5.36. The van der Waals surface area contributed by atoms with Crippen molar-refractivity contribution in [3.8, 4) is 0 Å². The van der Waals surface area contributed by atoms with Gasteiger partial charge in [0.25, 0.3) is 0 Å². The molecule has 0 amide bonds. The van der Waals surface area contributed by atoms with Gasteiger partial charge >= 0.3 is 0 Å². The second-order valence-electron chi connectivity index (χ2n) is 6.40. The molecule has 0 N–H and O–H groups in total. The molecule has 1 aliphatic heterocycles. The van der Waals surface area contributed by atoms with E-state index >= 15 is 0 Å². The van der Waals surface area contributed by atoms with Crippen molar-refractivity contribution in [3.63, 3.8) is 0 Å². The van der Waals surface area contributed by atoms with E-state index in [0.29, 0.717) is 17.6 Å². The molecule has 1 aromatic rings. The average Bonchev–Trinajstić information content (AvgIpc) is 3.10. The molecule has 2 fully saturated rings. The minimum atomic E-state index is 0.0518. The Morgan fingerprint density at radius 1 is 1.18 bits per heavy atom. The molecule has 2 aliphatic carbocycles. The molecule has 4 rings (SSSR count). The zero-order valence-electron chi connectivity index (χ0n) is 13.6. The Labute approximate surface area is 132 Å². The van der Waals surface area contributed by atoms with Crippen molar-refractivity contribution in [2.45, 2.75) is 58.5 Å². The first kappa shape index (κ1) is 15.4. The zero-order chi connectivity index (χ0) is 15.5. The summed E-state index contributed by atoms with van der Waals surface area (Å²) in [6, 6.07) is 1.96. The molecule has 2 heterocycles. The van der Waals surface area contributed by atoms with Crippen molar-refractivity contribution < 1.29 is 13.9 Å². The minimum Gasteiger partial charge on any atom is -0.493 e. The molecular formula is C19H26O3. The zero-order valence-corrected chi connectivity index (χ0v) is 13.6. The Morgan fingerprint density at radius 2 is 2.05 bits per heavy atom. The number of carbonyl (C=O) groups excluding carboxylic acids is 1. The van der Waals surface area contributed by atoms with Gasteiger partial charge in [-0.05, 0) is 55.6 Å². The first-order chi connectivity index (χ1) is 10.8. The number of fused-ring (bicyclic) bond motifs is 3. The third kappa shape index (κ3) is 2.73. The SMILES string of the molecule is CC.O=C1CCCC2CCC3=CO[C@H](c4ccoc4)CC3[C@@H]12. The Kier molecular flexibility index (Phi) is 4.70. The van der Waals surface area contributed by atoms with E-state index in [1.54, 1.807) is 12.5 Å². The van der Waals surface area contributed by atoms with E-state index in [9.17, 15) is 4.79 Å². The monoisotopic (exact) mass is 302 g/mol. The number of Topliss-reactive ketones (excluding diaryl/α,β-unsaturated/α-hetero) is 1. The van der Waals surface area contributed by atoms with Gasteiger partial charge in [0.15, 0.2) is 0 Å². The number of rotatable bonds is 1. The Hall–Kier alpha value is -1.51. The van der Waals surface area contributed by atoms with Crippen molar-refractivity contribution >= 4 is 5.78 Å². The fourth-order valence-corrected chi connectivity index (χ4v) is 4.37. The van der Waals surface area contributed by atoms with Crippen LogP contribution in [0.25, 0.3) is 0 Å². The van der Waals surface area contributed by atoms with Crippen LogP contribution in [0, 0.1) is 17.8 Å². The van der Waals surface area contributed by atoms with E-state index in [2.05, 4.69) is 0 Å². The summed E-state index contributed by atoms with van der Waals surface area (Å²) in [4.78, 5) is 12.4. The fraction of sp³-hybridized carbons (Fsp3) is 0.632. The second kappa shape index (κ2) is 6.72. The maximum atomic E-state index is 12.4. The van der Waals surface area contributed by atoms with Crippen LogP contribution in [0.4, 0.5) is 0 Å². The molecular weight excluding hydrogens is 276 g/mol. The van der Waals surface area contributed by atoms with Crippen molar-refractivity contribution in [3.05, 3.63) is 36.0 Å². The van der Waals surface area contributed by atoms with Gasteiger partial charge in [0.1, 0.15) is 11.9 Å². The fourth-order valence-electron chi connectivity index (χ4n) is 4.37. The molecule has 0 bridgehead atoms. The molecule has 3 nitrogen and oxygen atoms in total. The molecule has 0 aromatic carbocycles. The topological polar surface area (TPSA) is 39.4 Å². The molecule has 0 radical (unpaired) electrons. The number of furan rings is 1. The standard InChI is InChI=1S/C17H20O3.C2H6/c18-15-3-1-2-11-4-5-12-10-20-16(8-14(12)17(11)15)13-6-7-19-9-13;1-2/h6-7,9-11,14,16-17H,1-5,8H2;1-2H3/t11?,14?,16-,17-;/m0./s1. The summed E-state index contributed by atoms with van der Waals surface area (Å²) in [5, 5.41) is 0. The first-order valence-corrected chi connectivity index (χ1v) is 8.72. The van der Waals surface area contributed by atoms with Crippen LogP contribution in [0.15, 0.2) is 34.8 Å². The molecule has 2 unspecified atom stereocenters. The van der Waals surface area contributed by atoms with E-state index in [0.717, 1.165) is 31.2 Å². The maximum Gasteiger partial charge on any atom is 0.136 e. The van der Waals surface area contributed by atoms with E-state index in [1.807, 2.05) is 26.2 Å². The highest BCUT2D eigenvalue weighted by Gasteiger charge is 2.44. The second-order valence-corrected chi connectivity index (χ2v) is 6.40. The lowest BCUT2D eigenvalue weighted by molar-refractivity contribution is -0.130. The van der Waals surface area contributed by atoms with Gasteiger partial charge in [-0.1, -0.05) is 13.8 Å². The van der Waals surface area contributed by atoms with Crippen LogP contribution in [0.2, 0.25) is 0 Å². The van der Waals surface area contributed by atoms with Crippen LogP contribution >= 0.6 is 0 Å². The molecule has 4 atom stereocenters. The van der Waals surface area contributed by atoms with Gasteiger partial charge in [0.05, 0.1) is 18.8 Å². The van der Waals surface area contributed by atoms with Crippen LogP contribution < -0.4 is 0 Å². The highest BCUT2D eigenvalue weighted by Crippen LogP contribution is 2.50. The number of carbonyl (C=O) groups is 1. The third-order valence-electron chi connectivity index (χ3n) is 5.36. The van der Waals surface area contributed by atoms with Crippen LogP contribution in [0.1, 0.15) is 64.0 Å². The minimum absolute atomic E-state index is 0.0518. The summed E-state index contributed by atoms with van der Waals surface area (Å²) in [5.41, 5.74) is 2.45. The van der Waals surface area contributed by atoms with E-state index in [-0.39, 0.29) is 12.0 Å². The largest absolute Gasteiger partial charge is 0.493 e. The van der Waals surface area contributed by atoms with Gasteiger partial charge in [-0.15, -0.1) is 0 Å². The van der Waals surface area contributed by atoms with Crippen LogP contribution in [-0.4, -0.2) is 5.78 Å². The van der Waals surface area contributed by atoms with Crippen molar-refractivity contribution in [2.75, 3.05) is 0 Å². The van der Waals surface area contributed by atoms with Crippen molar-refractivity contribution in [1.82, 2.24) is 0 Å². The smallest absolute Gasteiger partial charge is 0.136 e. The Balaban J connectivity index is 0.000000693. The molecule has 0 spiro atoms. The summed E-state index contributed by atoms with van der Waals surface area (Å²) in [5.74, 6) is 1.75. The van der Waals surface area contributed by atoms with Gasteiger partial charge in [-0.2, -0.15) is 0 Å². The normalized spacial score (nSPS) is 33.5. The summed E-state index contributed by atoms with van der Waals surface area (Å²) in [6.45, 7) is 4.00. The number of ether oxygens (including phenoxy) is 1. The van der Waals surface area contributed by atoms with Crippen LogP contribution in [-0.2, 0) is 9.53 Å². The number of hydrogen-bond acceptors (Lipinski definition) is 3. The Morgan fingerprint density at radius 3 is 2.82 bits per heavy atom. The van der Waals surface area contributed by atoms with E-state index in [4.69, 9.17) is 9.15 Å². The van der Waals surface area contributed by atoms with Crippen molar-refractivity contribution in [2.24, 2.45) is 17.8 Å². The lowest BCUT2D eigenvalue weighted by atomic mass is 9.61. The maximum absolute atomic E-state index is 12.4. The van der Waals surface area contributed by atoms with E-state index in [1.165, 1.54) is 18.4 Å².